The number of carboxylic acids is 1. The Hall–Kier alpha value is -1.10. The molecule has 5 nitrogen and oxygen atoms in total. The van der Waals surface area contributed by atoms with Crippen LogP contribution in [-0.4, -0.2) is 36.2 Å². The fourth-order valence-corrected chi connectivity index (χ4v) is 2.23. The first kappa shape index (κ1) is 16.0. The maximum Gasteiger partial charge on any atom is 0.306 e. The Morgan fingerprint density at radius 1 is 1.37 bits per heavy atom. The minimum Gasteiger partial charge on any atom is -0.481 e. The summed E-state index contributed by atoms with van der Waals surface area (Å²) < 4.78 is 5.30. The molecule has 0 aromatic heterocycles. The Labute approximate surface area is 114 Å². The molecule has 1 fully saturated rings. The van der Waals surface area contributed by atoms with Crippen LogP contribution in [0.5, 0.6) is 0 Å². The molecule has 0 aromatic rings. The van der Waals surface area contributed by atoms with E-state index in [2.05, 4.69) is 5.32 Å². The predicted molar refractivity (Wildman–Crippen MR) is 71.8 cm³/mol. The summed E-state index contributed by atoms with van der Waals surface area (Å²) in [6.07, 6.45) is 4.13. The summed E-state index contributed by atoms with van der Waals surface area (Å²) in [5, 5.41) is 11.8. The van der Waals surface area contributed by atoms with Gasteiger partial charge in [0.25, 0.3) is 0 Å². The van der Waals surface area contributed by atoms with Gasteiger partial charge in [-0.2, -0.15) is 0 Å². The summed E-state index contributed by atoms with van der Waals surface area (Å²) in [5.74, 6) is -1.02. The Bertz CT molecular complexity index is 300. The molecule has 1 heterocycles. The van der Waals surface area contributed by atoms with Gasteiger partial charge in [-0.3, -0.25) is 9.59 Å². The monoisotopic (exact) mass is 271 g/mol. The highest BCUT2D eigenvalue weighted by Gasteiger charge is 2.22. The lowest BCUT2D eigenvalue weighted by Gasteiger charge is -2.23. The summed E-state index contributed by atoms with van der Waals surface area (Å²) in [5.41, 5.74) is 0. The van der Waals surface area contributed by atoms with Crippen molar-refractivity contribution in [2.24, 2.45) is 11.8 Å². The molecule has 0 saturated carbocycles. The fraction of sp³-hybridized carbons (Fsp3) is 0.857. The molecule has 0 bridgehead atoms. The van der Waals surface area contributed by atoms with Crippen molar-refractivity contribution >= 4 is 11.9 Å². The molecule has 3 atom stereocenters. The second kappa shape index (κ2) is 8.15. The lowest BCUT2D eigenvalue weighted by Crippen LogP contribution is -2.40. The van der Waals surface area contributed by atoms with E-state index in [9.17, 15) is 9.59 Å². The highest BCUT2D eigenvalue weighted by atomic mass is 16.5. The van der Waals surface area contributed by atoms with E-state index in [0.717, 1.165) is 32.3 Å². The van der Waals surface area contributed by atoms with Gasteiger partial charge >= 0.3 is 5.97 Å². The van der Waals surface area contributed by atoms with Gasteiger partial charge in [-0.05, 0) is 32.6 Å². The Balaban J connectivity index is 2.17. The van der Waals surface area contributed by atoms with Crippen molar-refractivity contribution in [1.29, 1.82) is 0 Å². The van der Waals surface area contributed by atoms with Crippen molar-refractivity contribution in [3.05, 3.63) is 0 Å². The first-order valence-corrected chi connectivity index (χ1v) is 7.11. The van der Waals surface area contributed by atoms with Crippen molar-refractivity contribution in [3.8, 4) is 0 Å². The number of carbonyl (C=O) groups excluding carboxylic acids is 1. The summed E-state index contributed by atoms with van der Waals surface area (Å²) in [7, 11) is 0. The van der Waals surface area contributed by atoms with Crippen LogP contribution in [0.2, 0.25) is 0 Å². The molecule has 3 unspecified atom stereocenters. The molecule has 1 aliphatic heterocycles. The average Bonchev–Trinajstić information content (AvgIpc) is 2.39. The Morgan fingerprint density at radius 3 is 2.68 bits per heavy atom. The van der Waals surface area contributed by atoms with Crippen LogP contribution in [0.3, 0.4) is 0 Å². The number of hydrogen-bond acceptors (Lipinski definition) is 3. The number of aliphatic carboxylic acids is 1. The minimum atomic E-state index is -0.754. The van der Waals surface area contributed by atoms with E-state index < -0.39 is 5.97 Å². The van der Waals surface area contributed by atoms with Crippen LogP contribution in [0.15, 0.2) is 0 Å². The number of carbonyl (C=O) groups is 2. The van der Waals surface area contributed by atoms with Crippen molar-refractivity contribution in [3.63, 3.8) is 0 Å². The van der Waals surface area contributed by atoms with Crippen molar-refractivity contribution in [2.75, 3.05) is 13.2 Å². The first-order valence-electron chi connectivity index (χ1n) is 7.11. The van der Waals surface area contributed by atoms with Crippen LogP contribution in [-0.2, 0) is 14.3 Å². The van der Waals surface area contributed by atoms with E-state index in [1.165, 1.54) is 0 Å². The van der Waals surface area contributed by atoms with Gasteiger partial charge in [-0.25, -0.2) is 0 Å². The maximum atomic E-state index is 11.9. The Morgan fingerprint density at radius 2 is 2.11 bits per heavy atom. The van der Waals surface area contributed by atoms with Gasteiger partial charge in [0.1, 0.15) is 0 Å². The SMILES string of the molecule is CC(CCCC(C)C(=O)O)NC(=O)C1CCCOC1. The largest absolute Gasteiger partial charge is 0.481 e. The second-order valence-electron chi connectivity index (χ2n) is 5.49. The van der Waals surface area contributed by atoms with Crippen LogP contribution in [0, 0.1) is 11.8 Å². The minimum absolute atomic E-state index is 0.0193. The summed E-state index contributed by atoms with van der Waals surface area (Å²) >= 11 is 0. The molecule has 0 aromatic carbocycles. The van der Waals surface area contributed by atoms with Gasteiger partial charge in [0.15, 0.2) is 0 Å². The summed E-state index contributed by atoms with van der Waals surface area (Å²) in [4.78, 5) is 22.6. The molecular formula is C14H25NO4. The fourth-order valence-electron chi connectivity index (χ4n) is 2.23. The molecule has 0 spiro atoms. The third-order valence-corrected chi connectivity index (χ3v) is 3.62. The first-order chi connectivity index (χ1) is 9.00. The molecule has 0 radical (unpaired) electrons. The smallest absolute Gasteiger partial charge is 0.306 e. The van der Waals surface area contributed by atoms with Gasteiger partial charge in [-0.15, -0.1) is 0 Å². The maximum absolute atomic E-state index is 11.9. The lowest BCUT2D eigenvalue weighted by atomic mass is 9.99. The summed E-state index contributed by atoms with van der Waals surface area (Å²) in [6.45, 7) is 4.96. The molecular weight excluding hydrogens is 246 g/mol. The van der Waals surface area contributed by atoms with E-state index in [1.807, 2.05) is 6.92 Å². The van der Waals surface area contributed by atoms with E-state index in [-0.39, 0.29) is 23.8 Å². The molecule has 1 amide bonds. The lowest BCUT2D eigenvalue weighted by molar-refractivity contribution is -0.141. The van der Waals surface area contributed by atoms with Crippen molar-refractivity contribution in [1.82, 2.24) is 5.32 Å². The zero-order valence-electron chi connectivity index (χ0n) is 11.9. The molecule has 1 saturated heterocycles. The number of rotatable bonds is 7. The van der Waals surface area contributed by atoms with Gasteiger partial charge in [-0.1, -0.05) is 13.3 Å². The van der Waals surface area contributed by atoms with Gasteiger partial charge in [0.05, 0.1) is 18.4 Å². The molecule has 19 heavy (non-hydrogen) atoms. The zero-order chi connectivity index (χ0) is 14.3. The topological polar surface area (TPSA) is 75.6 Å². The quantitative estimate of drug-likeness (QED) is 0.740. The van der Waals surface area contributed by atoms with Crippen LogP contribution >= 0.6 is 0 Å². The zero-order valence-corrected chi connectivity index (χ0v) is 11.9. The third-order valence-electron chi connectivity index (χ3n) is 3.62. The number of hydrogen-bond donors (Lipinski definition) is 2. The number of ether oxygens (including phenoxy) is 1. The third kappa shape index (κ3) is 6.05. The Kier molecular flexibility index (Phi) is 6.84. The van der Waals surface area contributed by atoms with Crippen LogP contribution in [0.1, 0.15) is 46.0 Å². The second-order valence-corrected chi connectivity index (χ2v) is 5.49. The van der Waals surface area contributed by atoms with Crippen LogP contribution < -0.4 is 5.32 Å². The molecule has 0 aliphatic carbocycles. The highest BCUT2D eigenvalue weighted by molar-refractivity contribution is 5.79. The standard InChI is InChI=1S/C14H25NO4/c1-10(14(17)18)5-3-6-11(2)15-13(16)12-7-4-8-19-9-12/h10-12H,3-9H2,1-2H3,(H,15,16)(H,17,18). The van der Waals surface area contributed by atoms with Gasteiger partial charge in [0, 0.05) is 12.6 Å². The normalized spacial score (nSPS) is 22.5. The molecule has 1 aliphatic rings. The van der Waals surface area contributed by atoms with Crippen molar-refractivity contribution in [2.45, 2.75) is 52.0 Å². The highest BCUT2D eigenvalue weighted by Crippen LogP contribution is 2.15. The number of carboxylic acid groups (broad SMARTS) is 1. The van der Waals surface area contributed by atoms with Crippen LogP contribution in [0.4, 0.5) is 0 Å². The molecule has 110 valence electrons. The molecule has 2 N–H and O–H groups in total. The van der Waals surface area contributed by atoms with E-state index in [0.29, 0.717) is 13.0 Å². The van der Waals surface area contributed by atoms with Gasteiger partial charge < -0.3 is 15.2 Å². The molecule has 1 rings (SSSR count). The van der Waals surface area contributed by atoms with E-state index >= 15 is 0 Å². The predicted octanol–water partition coefficient (Wildman–Crippen LogP) is 1.81. The van der Waals surface area contributed by atoms with Gasteiger partial charge in [0.2, 0.25) is 5.91 Å². The van der Waals surface area contributed by atoms with E-state index in [1.54, 1.807) is 6.92 Å². The van der Waals surface area contributed by atoms with Crippen LogP contribution in [0.25, 0.3) is 0 Å². The number of amides is 1. The summed E-state index contributed by atoms with van der Waals surface area (Å²) in [6, 6.07) is 0.0930. The molecule has 5 heteroatoms. The average molecular weight is 271 g/mol. The number of nitrogens with one attached hydrogen (secondary N) is 1. The van der Waals surface area contributed by atoms with Crippen molar-refractivity contribution < 1.29 is 19.4 Å². The van der Waals surface area contributed by atoms with E-state index in [4.69, 9.17) is 9.84 Å².